The van der Waals surface area contributed by atoms with Gasteiger partial charge in [0.05, 0.1) is 45.7 Å². The maximum atomic E-state index is 10.8. The highest BCUT2D eigenvalue weighted by molar-refractivity contribution is 7.85. The van der Waals surface area contributed by atoms with E-state index in [-0.39, 0.29) is 5.75 Å². The van der Waals surface area contributed by atoms with Gasteiger partial charge in [-0.1, -0.05) is 20.3 Å². The molecule has 0 aromatic rings. The van der Waals surface area contributed by atoms with Crippen LogP contribution in [0.3, 0.4) is 0 Å². The molecule has 0 aromatic carbocycles. The quantitative estimate of drug-likeness (QED) is 0.262. The average Bonchev–Trinajstić information content (AvgIpc) is 2.48. The first-order valence-electron chi connectivity index (χ1n) is 8.77. The molecule has 0 aromatic heterocycles. The molecule has 0 aliphatic heterocycles. The Morgan fingerprint density at radius 1 is 0.826 bits per heavy atom. The van der Waals surface area contributed by atoms with Crippen molar-refractivity contribution in [3.8, 4) is 0 Å². The van der Waals surface area contributed by atoms with Crippen molar-refractivity contribution in [1.82, 2.24) is 0 Å². The Morgan fingerprint density at radius 2 is 1.43 bits per heavy atom. The zero-order valence-electron chi connectivity index (χ0n) is 15.1. The van der Waals surface area contributed by atoms with Gasteiger partial charge in [0, 0.05) is 6.61 Å². The van der Waals surface area contributed by atoms with Crippen molar-refractivity contribution in [2.45, 2.75) is 46.0 Å². The molecule has 0 amide bonds. The van der Waals surface area contributed by atoms with Crippen LogP contribution in [0.1, 0.15) is 46.0 Å². The van der Waals surface area contributed by atoms with Crippen molar-refractivity contribution in [2.75, 3.05) is 58.9 Å². The molecule has 140 valence electrons. The van der Waals surface area contributed by atoms with Crippen LogP contribution in [0, 0.1) is 0 Å². The molecule has 0 saturated heterocycles. The maximum Gasteiger partial charge on any atom is 0.264 e. The third-order valence-electron chi connectivity index (χ3n) is 3.90. The Balaban J connectivity index is 4.00. The number of likely N-dealkylation sites (N-methyl/N-ethyl adjacent to an activating group) is 1. The fourth-order valence-electron chi connectivity index (χ4n) is 2.40. The van der Waals surface area contributed by atoms with Crippen LogP contribution in [-0.2, 0) is 19.6 Å². The first kappa shape index (κ1) is 22.8. The molecule has 0 radical (unpaired) electrons. The highest BCUT2D eigenvalue weighted by Gasteiger charge is 2.20. The Bertz CT molecular complexity index is 375. The molecule has 0 spiro atoms. The van der Waals surface area contributed by atoms with Crippen LogP contribution in [0.15, 0.2) is 0 Å². The van der Waals surface area contributed by atoms with E-state index >= 15 is 0 Å². The minimum absolute atomic E-state index is 0.147. The molecule has 6 nitrogen and oxygen atoms in total. The zero-order chi connectivity index (χ0) is 17.6. The molecule has 0 saturated carbocycles. The van der Waals surface area contributed by atoms with Crippen molar-refractivity contribution in [1.29, 1.82) is 0 Å². The van der Waals surface area contributed by atoms with Gasteiger partial charge in [-0.3, -0.25) is 4.55 Å². The lowest BCUT2D eigenvalue weighted by Crippen LogP contribution is -2.48. The monoisotopic (exact) mass is 354 g/mol. The van der Waals surface area contributed by atoms with E-state index in [1.807, 2.05) is 0 Å². The first-order valence-corrected chi connectivity index (χ1v) is 10.4. The molecule has 1 N–H and O–H groups in total. The molecule has 1 unspecified atom stereocenters. The van der Waals surface area contributed by atoms with Crippen molar-refractivity contribution in [2.24, 2.45) is 0 Å². The van der Waals surface area contributed by atoms with Gasteiger partial charge in [-0.25, -0.2) is 0 Å². The predicted molar refractivity (Wildman–Crippen MR) is 93.3 cm³/mol. The van der Waals surface area contributed by atoms with E-state index in [0.717, 1.165) is 56.4 Å². The Kier molecular flexibility index (Phi) is 13.0. The van der Waals surface area contributed by atoms with E-state index in [1.165, 1.54) is 0 Å². The summed E-state index contributed by atoms with van der Waals surface area (Å²) in [6.45, 7) is 9.87. The van der Waals surface area contributed by atoms with Gasteiger partial charge in [0.15, 0.2) is 0 Å². The van der Waals surface area contributed by atoms with Crippen LogP contribution in [0.5, 0.6) is 0 Å². The number of hydrogen-bond acceptors (Lipinski definition) is 4. The predicted octanol–water partition coefficient (Wildman–Crippen LogP) is 2.34. The van der Waals surface area contributed by atoms with E-state index in [0.29, 0.717) is 26.2 Å². The number of rotatable bonds is 16. The lowest BCUT2D eigenvalue weighted by atomic mass is 10.2. The normalized spacial score (nSPS) is 14.8. The molecule has 7 heteroatoms. The number of hydrogen-bond donors (Lipinski definition) is 1. The fraction of sp³-hybridized carbons (Fsp3) is 1.00. The minimum Gasteiger partial charge on any atom is -0.379 e. The lowest BCUT2D eigenvalue weighted by Gasteiger charge is -2.34. The van der Waals surface area contributed by atoms with Crippen molar-refractivity contribution in [3.05, 3.63) is 0 Å². The fourth-order valence-corrected chi connectivity index (χ4v) is 2.97. The number of nitrogens with zero attached hydrogens (tertiary/aromatic N) is 1. The van der Waals surface area contributed by atoms with Crippen LogP contribution in [0.2, 0.25) is 0 Å². The molecule has 0 bridgehead atoms. The second-order valence-corrected chi connectivity index (χ2v) is 7.93. The molecular weight excluding hydrogens is 318 g/mol. The summed E-state index contributed by atoms with van der Waals surface area (Å²) < 4.78 is 42.2. The van der Waals surface area contributed by atoms with Crippen LogP contribution in [0.25, 0.3) is 0 Å². The van der Waals surface area contributed by atoms with Gasteiger partial charge >= 0.3 is 0 Å². The van der Waals surface area contributed by atoms with Gasteiger partial charge in [0.25, 0.3) is 10.1 Å². The van der Waals surface area contributed by atoms with Gasteiger partial charge in [0.2, 0.25) is 0 Å². The molecule has 0 rings (SSSR count). The summed E-state index contributed by atoms with van der Waals surface area (Å²) in [4.78, 5) is 0. The Labute approximate surface area is 142 Å². The summed E-state index contributed by atoms with van der Waals surface area (Å²) in [5.74, 6) is -0.147. The van der Waals surface area contributed by atoms with E-state index in [4.69, 9.17) is 14.0 Å². The topological polar surface area (TPSA) is 72.8 Å². The van der Waals surface area contributed by atoms with Crippen LogP contribution in [-0.4, -0.2) is 76.3 Å². The third-order valence-corrected chi connectivity index (χ3v) is 4.70. The number of ether oxygens (including phenoxy) is 2. The highest BCUT2D eigenvalue weighted by Crippen LogP contribution is 2.09. The van der Waals surface area contributed by atoms with E-state index in [9.17, 15) is 8.42 Å². The van der Waals surface area contributed by atoms with Gasteiger partial charge in [0.1, 0.15) is 6.54 Å². The lowest BCUT2D eigenvalue weighted by molar-refractivity contribution is -0.910. The number of quaternary nitrogens is 1. The van der Waals surface area contributed by atoms with Gasteiger partial charge in [-0.05, 0) is 25.7 Å². The van der Waals surface area contributed by atoms with Crippen molar-refractivity contribution < 1.29 is 26.9 Å². The summed E-state index contributed by atoms with van der Waals surface area (Å²) in [5.41, 5.74) is 0. The Hall–Kier alpha value is -0.210. The number of unbranched alkanes of at least 4 members (excludes halogenated alkanes) is 2. The molecule has 0 fully saturated rings. The molecule has 0 aliphatic carbocycles. The first-order chi connectivity index (χ1) is 10.8. The van der Waals surface area contributed by atoms with Crippen LogP contribution in [0.4, 0.5) is 0 Å². The molecule has 0 heterocycles. The second kappa shape index (κ2) is 13.1. The van der Waals surface area contributed by atoms with Gasteiger partial charge < -0.3 is 14.0 Å². The summed E-state index contributed by atoms with van der Waals surface area (Å²) in [5, 5.41) is 0. The second-order valence-electron chi connectivity index (χ2n) is 6.36. The molecule has 23 heavy (non-hydrogen) atoms. The third kappa shape index (κ3) is 15.1. The maximum absolute atomic E-state index is 10.8. The molecule has 0 aliphatic rings. The van der Waals surface area contributed by atoms with Crippen LogP contribution >= 0.6 is 0 Å². The Morgan fingerprint density at radius 3 is 2.00 bits per heavy atom. The molecular formula is C16H36NO5S+. The van der Waals surface area contributed by atoms with E-state index in [2.05, 4.69) is 20.9 Å². The summed E-state index contributed by atoms with van der Waals surface area (Å²) >= 11 is 0. The van der Waals surface area contributed by atoms with Crippen molar-refractivity contribution in [3.63, 3.8) is 0 Å². The SMILES string of the molecule is CCCC[N+](C)(CCCCS(=O)(=O)O)CCOCCOCCC. The van der Waals surface area contributed by atoms with Gasteiger partial charge in [-0.15, -0.1) is 0 Å². The molecule has 1 atom stereocenters. The van der Waals surface area contributed by atoms with Gasteiger partial charge in [-0.2, -0.15) is 8.42 Å². The largest absolute Gasteiger partial charge is 0.379 e. The smallest absolute Gasteiger partial charge is 0.264 e. The summed E-state index contributed by atoms with van der Waals surface area (Å²) in [7, 11) is -1.64. The van der Waals surface area contributed by atoms with E-state index < -0.39 is 10.1 Å². The van der Waals surface area contributed by atoms with E-state index in [1.54, 1.807) is 0 Å². The zero-order valence-corrected chi connectivity index (χ0v) is 15.9. The summed E-state index contributed by atoms with van der Waals surface area (Å²) in [6, 6.07) is 0. The van der Waals surface area contributed by atoms with Crippen LogP contribution < -0.4 is 0 Å². The minimum atomic E-state index is -3.84. The van der Waals surface area contributed by atoms with Crippen molar-refractivity contribution >= 4 is 10.1 Å². The standard InChI is InChI=1S/C16H35NO5S/c1-4-6-9-17(3,10-7-8-16-23(18,19)20)11-13-22-15-14-21-12-5-2/h4-16H2,1-3H3/p+1. The average molecular weight is 355 g/mol. The summed E-state index contributed by atoms with van der Waals surface area (Å²) in [6.07, 6.45) is 4.61. The highest BCUT2D eigenvalue weighted by atomic mass is 32.2.